The van der Waals surface area contributed by atoms with E-state index in [1.165, 1.54) is 11.1 Å². The summed E-state index contributed by atoms with van der Waals surface area (Å²) < 4.78 is 5.49. The average Bonchev–Trinajstić information content (AvgIpc) is 2.85. The molecule has 0 aliphatic heterocycles. The minimum atomic E-state index is 0.227. The van der Waals surface area contributed by atoms with Crippen LogP contribution in [-0.2, 0) is 0 Å². The van der Waals surface area contributed by atoms with E-state index in [-0.39, 0.29) is 5.92 Å². The van der Waals surface area contributed by atoms with Crippen molar-refractivity contribution >= 4 is 0 Å². The van der Waals surface area contributed by atoms with Crippen molar-refractivity contribution < 1.29 is 4.74 Å². The molecule has 102 valence electrons. The summed E-state index contributed by atoms with van der Waals surface area (Å²) in [6.07, 6.45) is 1.85. The zero-order valence-corrected chi connectivity index (χ0v) is 11.9. The zero-order chi connectivity index (χ0) is 14.0. The molecule has 1 aromatic heterocycles. The number of rotatable bonds is 4. The number of H-pyrrole nitrogens is 1. The van der Waals surface area contributed by atoms with Crippen LogP contribution in [0.15, 0.2) is 18.3 Å². The van der Waals surface area contributed by atoms with Gasteiger partial charge in [-0.3, -0.25) is 0 Å². The largest absolute Gasteiger partial charge is 0.496 e. The molecular formula is C15H21N3O. The third-order valence-corrected chi connectivity index (χ3v) is 3.35. The van der Waals surface area contributed by atoms with Gasteiger partial charge < -0.3 is 15.5 Å². The van der Waals surface area contributed by atoms with Gasteiger partial charge in [0.05, 0.1) is 19.0 Å². The number of imidazole rings is 1. The van der Waals surface area contributed by atoms with Crippen molar-refractivity contribution in [3.8, 4) is 17.0 Å². The van der Waals surface area contributed by atoms with Gasteiger partial charge in [-0.15, -0.1) is 0 Å². The molecular weight excluding hydrogens is 238 g/mol. The molecule has 1 unspecified atom stereocenters. The lowest BCUT2D eigenvalue weighted by Crippen LogP contribution is -2.10. The van der Waals surface area contributed by atoms with E-state index in [1.807, 2.05) is 12.3 Å². The van der Waals surface area contributed by atoms with Crippen LogP contribution in [0.1, 0.15) is 29.8 Å². The lowest BCUT2D eigenvalue weighted by Gasteiger charge is -2.11. The van der Waals surface area contributed by atoms with Crippen molar-refractivity contribution in [3.63, 3.8) is 0 Å². The number of benzene rings is 1. The van der Waals surface area contributed by atoms with E-state index in [9.17, 15) is 0 Å². The van der Waals surface area contributed by atoms with Crippen LogP contribution >= 0.6 is 0 Å². The monoisotopic (exact) mass is 259 g/mol. The van der Waals surface area contributed by atoms with E-state index < -0.39 is 0 Å². The van der Waals surface area contributed by atoms with E-state index in [4.69, 9.17) is 10.5 Å². The second-order valence-electron chi connectivity index (χ2n) is 4.98. The molecule has 19 heavy (non-hydrogen) atoms. The zero-order valence-electron chi connectivity index (χ0n) is 11.9. The highest BCUT2D eigenvalue weighted by atomic mass is 16.5. The highest BCUT2D eigenvalue weighted by Crippen LogP contribution is 2.33. The number of ether oxygens (including phenoxy) is 1. The molecule has 4 heteroatoms. The van der Waals surface area contributed by atoms with E-state index in [0.717, 1.165) is 22.8 Å². The molecule has 0 fully saturated rings. The summed E-state index contributed by atoms with van der Waals surface area (Å²) >= 11 is 0. The second kappa shape index (κ2) is 5.45. The van der Waals surface area contributed by atoms with Crippen LogP contribution in [0, 0.1) is 13.8 Å². The maximum absolute atomic E-state index is 5.67. The third-order valence-electron chi connectivity index (χ3n) is 3.35. The SMILES string of the molecule is COc1cc(C)cc(C)c1-c1cnc(C(C)CN)[nH]1. The van der Waals surface area contributed by atoms with Gasteiger partial charge in [-0.25, -0.2) is 4.98 Å². The van der Waals surface area contributed by atoms with Gasteiger partial charge in [0.25, 0.3) is 0 Å². The van der Waals surface area contributed by atoms with Gasteiger partial charge in [0, 0.05) is 18.0 Å². The van der Waals surface area contributed by atoms with E-state index in [2.05, 4.69) is 36.8 Å². The Morgan fingerprint density at radius 1 is 1.37 bits per heavy atom. The highest BCUT2D eigenvalue weighted by Gasteiger charge is 2.14. The molecule has 0 saturated heterocycles. The number of aromatic amines is 1. The summed E-state index contributed by atoms with van der Waals surface area (Å²) in [6.45, 7) is 6.78. The van der Waals surface area contributed by atoms with E-state index >= 15 is 0 Å². The maximum atomic E-state index is 5.67. The first-order valence-electron chi connectivity index (χ1n) is 6.47. The Morgan fingerprint density at radius 3 is 2.74 bits per heavy atom. The summed E-state index contributed by atoms with van der Waals surface area (Å²) in [7, 11) is 1.69. The molecule has 1 atom stereocenters. The lowest BCUT2D eigenvalue weighted by atomic mass is 10.0. The number of nitrogens with zero attached hydrogens (tertiary/aromatic N) is 1. The molecule has 0 radical (unpaired) electrons. The molecule has 0 amide bonds. The van der Waals surface area contributed by atoms with Gasteiger partial charge in [-0.2, -0.15) is 0 Å². The maximum Gasteiger partial charge on any atom is 0.128 e. The van der Waals surface area contributed by atoms with Crippen molar-refractivity contribution in [1.29, 1.82) is 0 Å². The Morgan fingerprint density at radius 2 is 2.11 bits per heavy atom. The summed E-state index contributed by atoms with van der Waals surface area (Å²) in [6, 6.07) is 4.18. The number of hydrogen-bond donors (Lipinski definition) is 2. The fourth-order valence-corrected chi connectivity index (χ4v) is 2.26. The Labute approximate surface area is 114 Å². The molecule has 4 nitrogen and oxygen atoms in total. The molecule has 2 rings (SSSR count). The predicted octanol–water partition coefficient (Wildman–Crippen LogP) is 2.76. The van der Waals surface area contributed by atoms with Crippen molar-refractivity contribution in [3.05, 3.63) is 35.3 Å². The summed E-state index contributed by atoms with van der Waals surface area (Å²) in [4.78, 5) is 7.76. The first-order chi connectivity index (χ1) is 9.06. The molecule has 0 spiro atoms. The van der Waals surface area contributed by atoms with Crippen LogP contribution in [0.3, 0.4) is 0 Å². The van der Waals surface area contributed by atoms with Crippen LogP contribution < -0.4 is 10.5 Å². The Hall–Kier alpha value is -1.81. The molecule has 0 aliphatic rings. The Balaban J connectivity index is 2.49. The van der Waals surface area contributed by atoms with Gasteiger partial charge >= 0.3 is 0 Å². The molecule has 2 aromatic rings. The van der Waals surface area contributed by atoms with Gasteiger partial charge in [0.2, 0.25) is 0 Å². The van der Waals surface area contributed by atoms with Crippen LogP contribution in [-0.4, -0.2) is 23.6 Å². The lowest BCUT2D eigenvalue weighted by molar-refractivity contribution is 0.415. The van der Waals surface area contributed by atoms with Crippen LogP contribution in [0.5, 0.6) is 5.75 Å². The molecule has 0 bridgehead atoms. The van der Waals surface area contributed by atoms with Crippen molar-refractivity contribution in [1.82, 2.24) is 9.97 Å². The fraction of sp³-hybridized carbons (Fsp3) is 0.400. The molecule has 1 heterocycles. The first kappa shape index (κ1) is 13.6. The Kier molecular flexibility index (Phi) is 3.90. The van der Waals surface area contributed by atoms with Gasteiger partial charge in [0.15, 0.2) is 0 Å². The number of nitrogens with one attached hydrogen (secondary N) is 1. The summed E-state index contributed by atoms with van der Waals surface area (Å²) in [5, 5.41) is 0. The van der Waals surface area contributed by atoms with Crippen molar-refractivity contribution in [2.45, 2.75) is 26.7 Å². The summed E-state index contributed by atoms with van der Waals surface area (Å²) in [5.74, 6) is 2.01. The topological polar surface area (TPSA) is 63.9 Å². The molecule has 3 N–H and O–H groups in total. The standard InChI is InChI=1S/C15H21N3O/c1-9-5-10(2)14(13(6-9)19-4)12-8-17-15(18-12)11(3)7-16/h5-6,8,11H,7,16H2,1-4H3,(H,17,18). The number of aryl methyl sites for hydroxylation is 2. The highest BCUT2D eigenvalue weighted by molar-refractivity contribution is 5.71. The van der Waals surface area contributed by atoms with Gasteiger partial charge in [-0.1, -0.05) is 13.0 Å². The van der Waals surface area contributed by atoms with Crippen LogP contribution in [0.2, 0.25) is 0 Å². The smallest absolute Gasteiger partial charge is 0.128 e. The molecule has 0 saturated carbocycles. The predicted molar refractivity (Wildman–Crippen MR) is 77.5 cm³/mol. The second-order valence-corrected chi connectivity index (χ2v) is 4.98. The van der Waals surface area contributed by atoms with Crippen LogP contribution in [0.4, 0.5) is 0 Å². The average molecular weight is 259 g/mol. The number of aromatic nitrogens is 2. The van der Waals surface area contributed by atoms with Crippen molar-refractivity contribution in [2.24, 2.45) is 5.73 Å². The molecule has 0 aliphatic carbocycles. The Bertz CT molecular complexity index is 575. The van der Waals surface area contributed by atoms with Gasteiger partial charge in [-0.05, 0) is 31.0 Å². The van der Waals surface area contributed by atoms with Crippen molar-refractivity contribution in [2.75, 3.05) is 13.7 Å². The van der Waals surface area contributed by atoms with E-state index in [1.54, 1.807) is 7.11 Å². The minimum Gasteiger partial charge on any atom is -0.496 e. The normalized spacial score (nSPS) is 12.5. The van der Waals surface area contributed by atoms with E-state index in [0.29, 0.717) is 6.54 Å². The number of nitrogens with two attached hydrogens (primary N) is 1. The number of hydrogen-bond acceptors (Lipinski definition) is 3. The minimum absolute atomic E-state index is 0.227. The third kappa shape index (κ3) is 2.63. The quantitative estimate of drug-likeness (QED) is 0.887. The summed E-state index contributed by atoms with van der Waals surface area (Å²) in [5.41, 5.74) is 10.1. The first-order valence-corrected chi connectivity index (χ1v) is 6.47. The fourth-order valence-electron chi connectivity index (χ4n) is 2.26. The van der Waals surface area contributed by atoms with Gasteiger partial charge in [0.1, 0.15) is 11.6 Å². The molecule has 1 aromatic carbocycles. The van der Waals surface area contributed by atoms with Crippen LogP contribution in [0.25, 0.3) is 11.3 Å². The number of methoxy groups -OCH3 is 1.